The quantitative estimate of drug-likeness (QED) is 0.513. The molecule has 0 aliphatic heterocycles. The van der Waals surface area contributed by atoms with Crippen LogP contribution in [0.3, 0.4) is 0 Å². The number of benzene rings is 1. The van der Waals surface area contributed by atoms with E-state index in [-0.39, 0.29) is 5.76 Å². The highest BCUT2D eigenvalue weighted by Gasteiger charge is 2.17. The third-order valence-electron chi connectivity index (χ3n) is 2.50. The summed E-state index contributed by atoms with van der Waals surface area (Å²) < 4.78 is 5.39. The van der Waals surface area contributed by atoms with Gasteiger partial charge in [-0.2, -0.15) is 0 Å². The minimum atomic E-state index is -1.53. The van der Waals surface area contributed by atoms with Crippen molar-refractivity contribution in [2.75, 3.05) is 0 Å². The Morgan fingerprint density at radius 3 is 2.15 bits per heavy atom. The van der Waals surface area contributed by atoms with Crippen LogP contribution in [0.1, 0.15) is 5.76 Å². The van der Waals surface area contributed by atoms with Crippen LogP contribution in [0.5, 0.6) is 0 Å². The van der Waals surface area contributed by atoms with Crippen LogP contribution in [0, 0.1) is 0 Å². The van der Waals surface area contributed by atoms with Crippen LogP contribution in [0.25, 0.3) is 17.4 Å². The van der Waals surface area contributed by atoms with Gasteiger partial charge in [0.05, 0.1) is 0 Å². The van der Waals surface area contributed by atoms with E-state index in [1.807, 2.05) is 0 Å². The largest absolute Gasteiger partial charge is 0.477 e. The van der Waals surface area contributed by atoms with Crippen molar-refractivity contribution in [3.8, 4) is 11.3 Å². The number of carbonyl (C=O) groups is 2. The lowest BCUT2D eigenvalue weighted by Gasteiger charge is -1.97. The Bertz CT molecular complexity index is 666. The van der Waals surface area contributed by atoms with Crippen molar-refractivity contribution >= 4 is 29.6 Å². The minimum absolute atomic E-state index is 0.148. The molecule has 102 valence electrons. The van der Waals surface area contributed by atoms with Crippen LogP contribution in [0.15, 0.2) is 46.4 Å². The molecule has 0 saturated carbocycles. The molecule has 0 amide bonds. The zero-order valence-corrected chi connectivity index (χ0v) is 10.8. The van der Waals surface area contributed by atoms with Gasteiger partial charge < -0.3 is 14.6 Å². The van der Waals surface area contributed by atoms with Crippen molar-refractivity contribution in [2.45, 2.75) is 0 Å². The van der Waals surface area contributed by atoms with Crippen LogP contribution in [-0.4, -0.2) is 22.2 Å². The van der Waals surface area contributed by atoms with Crippen molar-refractivity contribution in [1.82, 2.24) is 0 Å². The Labute approximate surface area is 118 Å². The van der Waals surface area contributed by atoms with E-state index in [1.165, 1.54) is 6.07 Å². The summed E-state index contributed by atoms with van der Waals surface area (Å²) in [5, 5.41) is 18.1. The number of furan rings is 1. The topological polar surface area (TPSA) is 87.7 Å². The van der Waals surface area contributed by atoms with E-state index in [2.05, 4.69) is 0 Å². The monoisotopic (exact) mass is 292 g/mol. The predicted molar refractivity (Wildman–Crippen MR) is 72.4 cm³/mol. The molecule has 0 spiro atoms. The minimum Gasteiger partial charge on any atom is -0.477 e. The van der Waals surface area contributed by atoms with Gasteiger partial charge in [-0.1, -0.05) is 11.6 Å². The van der Waals surface area contributed by atoms with Crippen LogP contribution in [0.2, 0.25) is 5.02 Å². The van der Waals surface area contributed by atoms with Crippen molar-refractivity contribution < 1.29 is 24.2 Å². The average molecular weight is 293 g/mol. The number of carboxylic acid groups (broad SMARTS) is 2. The highest BCUT2D eigenvalue weighted by Crippen LogP contribution is 2.24. The number of carboxylic acids is 2. The molecule has 0 atom stereocenters. The lowest BCUT2D eigenvalue weighted by molar-refractivity contribution is -0.140. The van der Waals surface area contributed by atoms with Crippen molar-refractivity contribution in [3.05, 3.63) is 52.8 Å². The lowest BCUT2D eigenvalue weighted by Crippen LogP contribution is -2.10. The third kappa shape index (κ3) is 3.07. The second kappa shape index (κ2) is 5.63. The van der Waals surface area contributed by atoms with Gasteiger partial charge in [-0.3, -0.25) is 0 Å². The molecule has 0 fully saturated rings. The molecule has 0 radical (unpaired) electrons. The molecule has 0 aliphatic carbocycles. The number of hydrogen-bond acceptors (Lipinski definition) is 3. The Kier molecular flexibility index (Phi) is 3.91. The highest BCUT2D eigenvalue weighted by molar-refractivity contribution is 6.30. The van der Waals surface area contributed by atoms with Crippen LogP contribution >= 0.6 is 11.6 Å². The van der Waals surface area contributed by atoms with Gasteiger partial charge in [-0.05, 0) is 36.4 Å². The number of aliphatic carboxylic acids is 2. The Morgan fingerprint density at radius 1 is 1.00 bits per heavy atom. The molecule has 0 unspecified atom stereocenters. The Morgan fingerprint density at radius 2 is 1.60 bits per heavy atom. The van der Waals surface area contributed by atoms with Crippen LogP contribution in [0.4, 0.5) is 0 Å². The van der Waals surface area contributed by atoms with Crippen molar-refractivity contribution in [1.29, 1.82) is 0 Å². The third-order valence-corrected chi connectivity index (χ3v) is 2.75. The first-order chi connectivity index (χ1) is 9.47. The second-order valence-electron chi connectivity index (χ2n) is 3.88. The van der Waals surface area contributed by atoms with Gasteiger partial charge in [0.2, 0.25) is 0 Å². The van der Waals surface area contributed by atoms with Crippen molar-refractivity contribution in [2.24, 2.45) is 0 Å². The van der Waals surface area contributed by atoms with E-state index in [0.29, 0.717) is 10.8 Å². The summed E-state index contributed by atoms with van der Waals surface area (Å²) in [6, 6.07) is 9.98. The summed E-state index contributed by atoms with van der Waals surface area (Å²) >= 11 is 5.77. The van der Waals surface area contributed by atoms with E-state index in [0.717, 1.165) is 11.6 Å². The van der Waals surface area contributed by atoms with Gasteiger partial charge in [-0.15, -0.1) is 0 Å². The normalized spacial score (nSPS) is 10.1. The first kappa shape index (κ1) is 13.9. The Balaban J connectivity index is 2.33. The van der Waals surface area contributed by atoms with Crippen molar-refractivity contribution in [3.63, 3.8) is 0 Å². The van der Waals surface area contributed by atoms with Gasteiger partial charge in [-0.25, -0.2) is 9.59 Å². The predicted octanol–water partition coefficient (Wildman–Crippen LogP) is 3.15. The summed E-state index contributed by atoms with van der Waals surface area (Å²) in [5.74, 6) is -2.42. The molecule has 5 nitrogen and oxygen atoms in total. The maximum absolute atomic E-state index is 10.8. The van der Waals surface area contributed by atoms with E-state index in [1.54, 1.807) is 30.3 Å². The molecule has 1 aromatic carbocycles. The fourth-order valence-electron chi connectivity index (χ4n) is 1.56. The standard InChI is InChI=1S/C14H9ClO5/c15-9-3-1-8(2-4-9)12-6-5-10(20-12)7-11(13(16)17)14(18)19/h1-7H,(H,16,17)(H,18,19). The zero-order valence-electron chi connectivity index (χ0n) is 10.0. The molecule has 6 heteroatoms. The van der Waals surface area contributed by atoms with Gasteiger partial charge in [0.15, 0.2) is 0 Å². The van der Waals surface area contributed by atoms with Crippen LogP contribution < -0.4 is 0 Å². The molecule has 1 heterocycles. The lowest BCUT2D eigenvalue weighted by atomic mass is 10.2. The number of hydrogen-bond donors (Lipinski definition) is 2. The maximum Gasteiger partial charge on any atom is 0.343 e. The summed E-state index contributed by atoms with van der Waals surface area (Å²) in [7, 11) is 0. The molecule has 0 bridgehead atoms. The molecule has 2 rings (SSSR count). The summed E-state index contributed by atoms with van der Waals surface area (Å²) in [6.07, 6.45) is 0.962. The summed E-state index contributed by atoms with van der Waals surface area (Å²) in [6.45, 7) is 0. The fraction of sp³-hybridized carbons (Fsp3) is 0. The van der Waals surface area contributed by atoms with Crippen LogP contribution in [-0.2, 0) is 9.59 Å². The fourth-order valence-corrected chi connectivity index (χ4v) is 1.68. The molecule has 1 aromatic heterocycles. The first-order valence-electron chi connectivity index (χ1n) is 5.51. The van der Waals surface area contributed by atoms with Gasteiger partial charge >= 0.3 is 11.9 Å². The molecular weight excluding hydrogens is 284 g/mol. The van der Waals surface area contributed by atoms with E-state index < -0.39 is 17.5 Å². The zero-order chi connectivity index (χ0) is 14.7. The molecule has 2 N–H and O–H groups in total. The molecule has 0 saturated heterocycles. The van der Waals surface area contributed by atoms with Gasteiger partial charge in [0.25, 0.3) is 0 Å². The molecule has 0 aliphatic rings. The molecule has 2 aromatic rings. The molecular formula is C14H9ClO5. The summed E-state index contributed by atoms with van der Waals surface area (Å²) in [5.41, 5.74) is -0.0109. The number of halogens is 1. The maximum atomic E-state index is 10.8. The van der Waals surface area contributed by atoms with Gasteiger partial charge in [0, 0.05) is 16.7 Å². The first-order valence-corrected chi connectivity index (χ1v) is 5.89. The highest BCUT2D eigenvalue weighted by atomic mass is 35.5. The molecule has 20 heavy (non-hydrogen) atoms. The SMILES string of the molecule is O=C(O)C(=Cc1ccc(-c2ccc(Cl)cc2)o1)C(=O)O. The van der Waals surface area contributed by atoms with E-state index >= 15 is 0 Å². The van der Waals surface area contributed by atoms with Gasteiger partial charge in [0.1, 0.15) is 17.1 Å². The second-order valence-corrected chi connectivity index (χ2v) is 4.31. The summed E-state index contributed by atoms with van der Waals surface area (Å²) in [4.78, 5) is 21.5. The smallest absolute Gasteiger partial charge is 0.343 e. The van der Waals surface area contributed by atoms with E-state index in [4.69, 9.17) is 26.2 Å². The Hall–Kier alpha value is -2.53. The number of rotatable bonds is 4. The average Bonchev–Trinajstić information content (AvgIpc) is 2.84. The van der Waals surface area contributed by atoms with E-state index in [9.17, 15) is 9.59 Å².